The Morgan fingerprint density at radius 3 is 3.05 bits per heavy atom. The maximum Gasteiger partial charge on any atom is 0.115 e. The predicted octanol–water partition coefficient (Wildman–Crippen LogP) is 4.25. The molecule has 2 aliphatic carbocycles. The van der Waals surface area contributed by atoms with Crippen molar-refractivity contribution in [3.63, 3.8) is 0 Å². The van der Waals surface area contributed by atoms with E-state index in [2.05, 4.69) is 18.9 Å². The lowest BCUT2D eigenvalue weighted by Crippen LogP contribution is -2.33. The molecule has 0 amide bonds. The molecule has 0 radical (unpaired) electrons. The largest absolute Gasteiger partial charge is 0.508 e. The van der Waals surface area contributed by atoms with Gasteiger partial charge in [0.15, 0.2) is 0 Å². The number of fused-ring (bicyclic) bond motifs is 3. The van der Waals surface area contributed by atoms with Gasteiger partial charge in [0, 0.05) is 6.42 Å². The average Bonchev–Trinajstić information content (AvgIpc) is 2.38. The first-order valence-corrected chi connectivity index (χ1v) is 7.36. The number of terminal acetylenes is 1. The minimum absolute atomic E-state index is 0.352. The Labute approximate surface area is 116 Å². The van der Waals surface area contributed by atoms with Crippen molar-refractivity contribution in [2.24, 2.45) is 11.3 Å². The molecule has 3 atom stereocenters. The molecule has 1 N–H and O–H groups in total. The fraction of sp³-hybridized carbons (Fsp3) is 0.556. The van der Waals surface area contributed by atoms with E-state index in [0.29, 0.717) is 17.1 Å². The lowest BCUT2D eigenvalue weighted by molar-refractivity contribution is 0.129. The van der Waals surface area contributed by atoms with Crippen LogP contribution in [-0.2, 0) is 6.42 Å². The van der Waals surface area contributed by atoms with Crippen LogP contribution in [0.1, 0.15) is 56.1 Å². The summed E-state index contributed by atoms with van der Waals surface area (Å²) in [5.74, 6) is 4.75. The molecule has 1 nitrogen and oxygen atoms in total. The van der Waals surface area contributed by atoms with Gasteiger partial charge in [0.2, 0.25) is 0 Å². The molecule has 1 heteroatoms. The summed E-state index contributed by atoms with van der Waals surface area (Å²) in [7, 11) is 0. The molecular formula is C18H22O. The van der Waals surface area contributed by atoms with Gasteiger partial charge in [0.05, 0.1) is 0 Å². The lowest BCUT2D eigenvalue weighted by Gasteiger charge is -2.45. The quantitative estimate of drug-likeness (QED) is 0.743. The molecule has 3 unspecified atom stereocenters. The number of rotatable bonds is 1. The van der Waals surface area contributed by atoms with Crippen molar-refractivity contribution in [3.05, 3.63) is 29.3 Å². The van der Waals surface area contributed by atoms with Crippen molar-refractivity contribution in [1.29, 1.82) is 0 Å². The van der Waals surface area contributed by atoms with Gasteiger partial charge in [-0.25, -0.2) is 0 Å². The maximum atomic E-state index is 9.62. The topological polar surface area (TPSA) is 20.2 Å². The summed E-state index contributed by atoms with van der Waals surface area (Å²) < 4.78 is 0. The van der Waals surface area contributed by atoms with E-state index in [1.807, 2.05) is 12.1 Å². The van der Waals surface area contributed by atoms with Crippen LogP contribution in [0.15, 0.2) is 18.2 Å². The fourth-order valence-electron chi connectivity index (χ4n) is 4.25. The van der Waals surface area contributed by atoms with Crippen molar-refractivity contribution in [1.82, 2.24) is 0 Å². The molecule has 1 fully saturated rings. The standard InChI is InChI=1S/C18H22O/c1-3-9-18(2)10-8-17-14(12-18)5-4-13-11-15(19)6-7-16(13)17/h1,6-7,11,14,17,19H,4-5,8-10,12H2,2H3. The molecule has 1 aromatic rings. The molecule has 2 aliphatic rings. The molecule has 0 aromatic heterocycles. The first kappa shape index (κ1) is 12.6. The molecule has 3 rings (SSSR count). The number of hydrogen-bond acceptors (Lipinski definition) is 1. The Hall–Kier alpha value is -1.42. The van der Waals surface area contributed by atoms with Crippen molar-refractivity contribution in [2.45, 2.75) is 51.4 Å². The molecule has 0 spiro atoms. The molecule has 1 aromatic carbocycles. The first-order valence-electron chi connectivity index (χ1n) is 7.36. The molecule has 0 saturated heterocycles. The third kappa shape index (κ3) is 2.25. The van der Waals surface area contributed by atoms with Crippen LogP contribution in [-0.4, -0.2) is 5.11 Å². The van der Waals surface area contributed by atoms with Crippen molar-refractivity contribution in [3.8, 4) is 18.1 Å². The number of phenols is 1. The van der Waals surface area contributed by atoms with E-state index < -0.39 is 0 Å². The smallest absolute Gasteiger partial charge is 0.115 e. The second-order valence-electron chi connectivity index (χ2n) is 6.72. The van der Waals surface area contributed by atoms with Gasteiger partial charge in [0.1, 0.15) is 5.75 Å². The number of benzene rings is 1. The minimum atomic E-state index is 0.352. The Balaban J connectivity index is 1.86. The van der Waals surface area contributed by atoms with Gasteiger partial charge >= 0.3 is 0 Å². The molecule has 0 bridgehead atoms. The second-order valence-corrected chi connectivity index (χ2v) is 6.72. The Kier molecular flexibility index (Phi) is 3.05. The van der Waals surface area contributed by atoms with Crippen LogP contribution in [0.2, 0.25) is 0 Å². The summed E-state index contributed by atoms with van der Waals surface area (Å²) in [5, 5.41) is 9.62. The summed E-state index contributed by atoms with van der Waals surface area (Å²) in [6, 6.07) is 5.95. The zero-order chi connectivity index (χ0) is 13.5. The Morgan fingerprint density at radius 2 is 2.26 bits per heavy atom. The molecule has 0 aliphatic heterocycles. The van der Waals surface area contributed by atoms with Gasteiger partial charge in [-0.3, -0.25) is 0 Å². The highest BCUT2D eigenvalue weighted by Crippen LogP contribution is 2.52. The molecule has 0 heterocycles. The zero-order valence-electron chi connectivity index (χ0n) is 11.7. The third-order valence-corrected chi connectivity index (χ3v) is 5.22. The van der Waals surface area contributed by atoms with E-state index in [4.69, 9.17) is 6.42 Å². The number of phenolic OH excluding ortho intramolecular Hbond substituents is 1. The Morgan fingerprint density at radius 1 is 1.42 bits per heavy atom. The normalized spacial score (nSPS) is 33.1. The van der Waals surface area contributed by atoms with Gasteiger partial charge in [0.25, 0.3) is 0 Å². The summed E-state index contributed by atoms with van der Waals surface area (Å²) >= 11 is 0. The highest BCUT2D eigenvalue weighted by molar-refractivity contribution is 5.39. The van der Waals surface area contributed by atoms with Crippen LogP contribution >= 0.6 is 0 Å². The zero-order valence-corrected chi connectivity index (χ0v) is 11.7. The van der Waals surface area contributed by atoms with Crippen LogP contribution in [0.5, 0.6) is 5.75 Å². The summed E-state index contributed by atoms with van der Waals surface area (Å²) in [5.41, 5.74) is 3.20. The van der Waals surface area contributed by atoms with E-state index in [1.165, 1.54) is 36.8 Å². The lowest BCUT2D eigenvalue weighted by atomic mass is 9.60. The molecule has 1 saturated carbocycles. The van der Waals surface area contributed by atoms with Crippen LogP contribution in [0.25, 0.3) is 0 Å². The number of aryl methyl sites for hydroxylation is 1. The third-order valence-electron chi connectivity index (χ3n) is 5.22. The molecular weight excluding hydrogens is 232 g/mol. The summed E-state index contributed by atoms with van der Waals surface area (Å²) in [6.07, 6.45) is 12.6. The van der Waals surface area contributed by atoms with E-state index in [0.717, 1.165) is 18.8 Å². The predicted molar refractivity (Wildman–Crippen MR) is 78.1 cm³/mol. The van der Waals surface area contributed by atoms with E-state index in [-0.39, 0.29) is 0 Å². The maximum absolute atomic E-state index is 9.62. The van der Waals surface area contributed by atoms with Crippen molar-refractivity contribution < 1.29 is 5.11 Å². The van der Waals surface area contributed by atoms with Crippen LogP contribution in [0.4, 0.5) is 0 Å². The summed E-state index contributed by atoms with van der Waals surface area (Å²) in [6.45, 7) is 2.36. The average molecular weight is 254 g/mol. The van der Waals surface area contributed by atoms with Crippen LogP contribution in [0, 0.1) is 23.7 Å². The number of hydrogen-bond donors (Lipinski definition) is 1. The van der Waals surface area contributed by atoms with Gasteiger partial charge in [-0.1, -0.05) is 13.0 Å². The minimum Gasteiger partial charge on any atom is -0.508 e. The molecule has 19 heavy (non-hydrogen) atoms. The summed E-state index contributed by atoms with van der Waals surface area (Å²) in [4.78, 5) is 0. The van der Waals surface area contributed by atoms with Crippen LogP contribution in [0.3, 0.4) is 0 Å². The Bertz CT molecular complexity index is 525. The van der Waals surface area contributed by atoms with Gasteiger partial charge in [-0.2, -0.15) is 0 Å². The van der Waals surface area contributed by atoms with Crippen molar-refractivity contribution >= 4 is 0 Å². The van der Waals surface area contributed by atoms with Gasteiger partial charge in [-0.15, -0.1) is 12.3 Å². The van der Waals surface area contributed by atoms with E-state index >= 15 is 0 Å². The first-order chi connectivity index (χ1) is 9.11. The fourth-order valence-corrected chi connectivity index (χ4v) is 4.25. The monoisotopic (exact) mass is 254 g/mol. The van der Waals surface area contributed by atoms with Crippen molar-refractivity contribution in [2.75, 3.05) is 0 Å². The van der Waals surface area contributed by atoms with Gasteiger partial charge < -0.3 is 5.11 Å². The highest BCUT2D eigenvalue weighted by atomic mass is 16.3. The SMILES string of the molecule is C#CCC1(C)CCC2c3ccc(O)cc3CCC2C1. The van der Waals surface area contributed by atoms with E-state index in [9.17, 15) is 5.11 Å². The second kappa shape index (κ2) is 4.60. The molecule has 100 valence electrons. The highest BCUT2D eigenvalue weighted by Gasteiger charge is 2.40. The van der Waals surface area contributed by atoms with Crippen LogP contribution < -0.4 is 0 Å². The number of aromatic hydroxyl groups is 1. The van der Waals surface area contributed by atoms with Gasteiger partial charge in [-0.05, 0) is 72.6 Å². The van der Waals surface area contributed by atoms with E-state index in [1.54, 1.807) is 0 Å².